The number of hydrogen-bond donors (Lipinski definition) is 3. The van der Waals surface area contributed by atoms with Crippen LogP contribution in [0.1, 0.15) is 10.4 Å². The number of sulfone groups is 1. The molecule has 0 radical (unpaired) electrons. The first-order valence-electron chi connectivity index (χ1n) is 10.5. The maximum Gasteiger partial charge on any atom is 0.251 e. The van der Waals surface area contributed by atoms with Gasteiger partial charge in [0, 0.05) is 5.56 Å². The van der Waals surface area contributed by atoms with Crippen molar-refractivity contribution in [2.75, 3.05) is 11.5 Å². The van der Waals surface area contributed by atoms with Crippen LogP contribution in [0.25, 0.3) is 28.5 Å². The normalized spacial score (nSPS) is 14.9. The van der Waals surface area contributed by atoms with Crippen molar-refractivity contribution in [2.45, 2.75) is 6.04 Å². The lowest BCUT2D eigenvalue weighted by atomic mass is 10.1. The van der Waals surface area contributed by atoms with E-state index in [9.17, 15) is 23.4 Å². The van der Waals surface area contributed by atoms with Crippen LogP contribution in [-0.2, 0) is 9.84 Å². The maximum atomic E-state index is 12.5. The highest BCUT2D eigenvalue weighted by molar-refractivity contribution is 7.92. The molecule has 1 fully saturated rings. The molecule has 1 aromatic heterocycles. The molecule has 0 unspecified atom stereocenters. The van der Waals surface area contributed by atoms with Gasteiger partial charge in [-0.2, -0.15) is 0 Å². The van der Waals surface area contributed by atoms with Crippen molar-refractivity contribution in [3.05, 3.63) is 78.4 Å². The smallest absolute Gasteiger partial charge is 0.251 e. The molecule has 0 atom stereocenters. The average molecular weight is 477 g/mol. The topological polar surface area (TPSA) is 134 Å². The van der Waals surface area contributed by atoms with E-state index < -0.39 is 9.84 Å². The second-order valence-corrected chi connectivity index (χ2v) is 10.2. The number of phenols is 2. The fraction of sp³-hybridized carbons (Fsp3) is 0.125. The lowest BCUT2D eigenvalue weighted by molar-refractivity contribution is 0.0942. The number of carbonyl (C=O) groups excluding carboxylic acids is 1. The minimum Gasteiger partial charge on any atom is -0.507 e. The Hall–Kier alpha value is -4.18. The van der Waals surface area contributed by atoms with Crippen molar-refractivity contribution in [2.24, 2.45) is 0 Å². The fourth-order valence-electron chi connectivity index (χ4n) is 3.78. The molecule has 0 saturated carbocycles. The number of aromatic hydroxyl groups is 2. The molecular formula is C24H20N4O5S. The predicted octanol–water partition coefficient (Wildman–Crippen LogP) is 2.54. The van der Waals surface area contributed by atoms with Crippen LogP contribution in [0.3, 0.4) is 0 Å². The summed E-state index contributed by atoms with van der Waals surface area (Å²) >= 11 is 0. The lowest BCUT2D eigenvalue weighted by Gasteiger charge is -2.26. The molecule has 172 valence electrons. The summed E-state index contributed by atoms with van der Waals surface area (Å²) in [5, 5.41) is 27.9. The molecule has 0 spiro atoms. The van der Waals surface area contributed by atoms with Crippen LogP contribution in [-0.4, -0.2) is 56.9 Å². The van der Waals surface area contributed by atoms with E-state index in [-0.39, 0.29) is 40.8 Å². The van der Waals surface area contributed by atoms with Gasteiger partial charge >= 0.3 is 0 Å². The van der Waals surface area contributed by atoms with Gasteiger partial charge in [-0.1, -0.05) is 24.3 Å². The van der Waals surface area contributed by atoms with Gasteiger partial charge in [-0.05, 0) is 48.5 Å². The van der Waals surface area contributed by atoms with Crippen molar-refractivity contribution in [3.63, 3.8) is 0 Å². The van der Waals surface area contributed by atoms with Gasteiger partial charge in [0.1, 0.15) is 11.5 Å². The summed E-state index contributed by atoms with van der Waals surface area (Å²) in [6, 6.07) is 19.6. The first-order valence-corrected chi connectivity index (χ1v) is 12.3. The third-order valence-corrected chi connectivity index (χ3v) is 7.34. The predicted molar refractivity (Wildman–Crippen MR) is 125 cm³/mol. The van der Waals surface area contributed by atoms with E-state index in [0.717, 1.165) is 0 Å². The number of benzene rings is 3. The van der Waals surface area contributed by atoms with Crippen LogP contribution in [0.5, 0.6) is 11.5 Å². The van der Waals surface area contributed by atoms with E-state index in [1.54, 1.807) is 66.7 Å². The zero-order valence-corrected chi connectivity index (χ0v) is 18.6. The van der Waals surface area contributed by atoms with E-state index in [1.807, 2.05) is 0 Å². The number of amides is 1. The average Bonchev–Trinajstić information content (AvgIpc) is 3.23. The van der Waals surface area contributed by atoms with Crippen LogP contribution in [0.4, 0.5) is 0 Å². The number of rotatable bonds is 5. The number of phenolic OH excluding ortho intramolecular Hbond substituents is 2. The van der Waals surface area contributed by atoms with Crippen LogP contribution < -0.4 is 5.32 Å². The summed E-state index contributed by atoms with van der Waals surface area (Å²) < 4.78 is 24.2. The highest BCUT2D eigenvalue weighted by Crippen LogP contribution is 2.33. The van der Waals surface area contributed by atoms with E-state index in [0.29, 0.717) is 28.2 Å². The molecule has 1 aliphatic heterocycles. The van der Waals surface area contributed by atoms with Gasteiger partial charge in [-0.15, -0.1) is 5.10 Å². The largest absolute Gasteiger partial charge is 0.507 e. The molecule has 1 saturated heterocycles. The van der Waals surface area contributed by atoms with Gasteiger partial charge in [0.2, 0.25) is 0 Å². The van der Waals surface area contributed by atoms with E-state index in [1.165, 1.54) is 10.7 Å². The van der Waals surface area contributed by atoms with Crippen molar-refractivity contribution >= 4 is 15.7 Å². The molecule has 3 N–H and O–H groups in total. The van der Waals surface area contributed by atoms with Gasteiger partial charge in [0.25, 0.3) is 5.91 Å². The fourth-order valence-corrected chi connectivity index (χ4v) is 5.07. The summed E-state index contributed by atoms with van der Waals surface area (Å²) in [5.74, 6) is 0.210. The second kappa shape index (κ2) is 8.31. The molecule has 0 bridgehead atoms. The van der Waals surface area contributed by atoms with Crippen LogP contribution in [0.15, 0.2) is 72.8 Å². The van der Waals surface area contributed by atoms with Gasteiger partial charge < -0.3 is 15.5 Å². The van der Waals surface area contributed by atoms with Gasteiger partial charge in [0.05, 0.1) is 34.4 Å². The van der Waals surface area contributed by atoms with Crippen molar-refractivity contribution in [1.82, 2.24) is 20.1 Å². The molecule has 5 rings (SSSR count). The molecule has 1 amide bonds. The number of nitrogens with one attached hydrogen (secondary N) is 1. The van der Waals surface area contributed by atoms with Gasteiger partial charge in [0.15, 0.2) is 21.5 Å². The Bertz CT molecular complexity index is 1480. The summed E-state index contributed by atoms with van der Waals surface area (Å²) in [5.41, 5.74) is 1.84. The first kappa shape index (κ1) is 21.7. The molecular weight excluding hydrogens is 456 g/mol. The monoisotopic (exact) mass is 476 g/mol. The van der Waals surface area contributed by atoms with Crippen LogP contribution in [0, 0.1) is 0 Å². The Morgan fingerprint density at radius 1 is 0.882 bits per heavy atom. The molecule has 0 aliphatic carbocycles. The summed E-state index contributed by atoms with van der Waals surface area (Å²) in [6.07, 6.45) is 0. The Morgan fingerprint density at radius 2 is 1.47 bits per heavy atom. The zero-order chi connectivity index (χ0) is 23.9. The van der Waals surface area contributed by atoms with Gasteiger partial charge in [-0.3, -0.25) is 4.79 Å². The molecule has 1 aliphatic rings. The summed E-state index contributed by atoms with van der Waals surface area (Å²) in [7, 11) is -3.03. The zero-order valence-electron chi connectivity index (χ0n) is 17.8. The standard InChI is InChI=1S/C24H20N4O5S/c29-20-7-3-1-5-18(20)22-26-23(19-6-2-4-8-21(19)30)28(27-22)17-11-9-15(10-12-17)24(31)25-16-13-34(32,33)14-16/h1-12,16,29-30H,13-14H2,(H,25,31). The number of carbonyl (C=O) groups is 1. The van der Waals surface area contributed by atoms with E-state index >= 15 is 0 Å². The highest BCUT2D eigenvalue weighted by atomic mass is 32.2. The molecule has 9 nitrogen and oxygen atoms in total. The second-order valence-electron chi connectivity index (χ2n) is 8.00. The minimum absolute atomic E-state index is 0.0198. The van der Waals surface area contributed by atoms with Crippen molar-refractivity contribution in [3.8, 4) is 40.0 Å². The Labute approximate surface area is 195 Å². The van der Waals surface area contributed by atoms with Crippen molar-refractivity contribution in [1.29, 1.82) is 0 Å². The number of aromatic nitrogens is 3. The Morgan fingerprint density at radius 3 is 2.06 bits per heavy atom. The van der Waals surface area contributed by atoms with Gasteiger partial charge in [-0.25, -0.2) is 18.1 Å². The molecule has 10 heteroatoms. The molecule has 2 heterocycles. The summed E-state index contributed by atoms with van der Waals surface area (Å²) in [4.78, 5) is 17.0. The van der Waals surface area contributed by atoms with Crippen LogP contribution >= 0.6 is 0 Å². The maximum absolute atomic E-state index is 12.5. The number of nitrogens with zero attached hydrogens (tertiary/aromatic N) is 3. The molecule has 4 aromatic rings. The SMILES string of the molecule is O=C(NC1CS(=O)(=O)C1)c1ccc(-n2nc(-c3ccccc3O)nc2-c2ccccc2O)cc1. The Balaban J connectivity index is 1.50. The highest BCUT2D eigenvalue weighted by Gasteiger charge is 2.34. The van der Waals surface area contributed by atoms with E-state index in [4.69, 9.17) is 0 Å². The van der Waals surface area contributed by atoms with E-state index in [2.05, 4.69) is 15.4 Å². The Kier molecular flexibility index (Phi) is 5.29. The lowest BCUT2D eigenvalue weighted by Crippen LogP contribution is -2.52. The number of hydrogen-bond acceptors (Lipinski definition) is 7. The quantitative estimate of drug-likeness (QED) is 0.403. The number of para-hydroxylation sites is 2. The third-order valence-electron chi connectivity index (χ3n) is 5.52. The van der Waals surface area contributed by atoms with Crippen LogP contribution in [0.2, 0.25) is 0 Å². The molecule has 3 aromatic carbocycles. The van der Waals surface area contributed by atoms with Crippen molar-refractivity contribution < 1.29 is 23.4 Å². The first-order chi connectivity index (χ1) is 16.3. The summed E-state index contributed by atoms with van der Waals surface area (Å²) in [6.45, 7) is 0. The molecule has 34 heavy (non-hydrogen) atoms. The minimum atomic E-state index is -3.03. The third kappa shape index (κ3) is 4.11.